The van der Waals surface area contributed by atoms with E-state index < -0.39 is 0 Å². The third-order valence-electron chi connectivity index (χ3n) is 5.83. The zero-order valence-electron chi connectivity index (χ0n) is 13.7. The number of nitrogens with two attached hydrogens (primary N) is 1. The molecule has 118 valence electrons. The first-order valence-corrected chi connectivity index (χ1v) is 8.91. The highest BCUT2D eigenvalue weighted by Gasteiger charge is 2.38. The summed E-state index contributed by atoms with van der Waals surface area (Å²) in [5, 5.41) is 0. The Morgan fingerprint density at radius 2 is 1.80 bits per heavy atom. The predicted molar refractivity (Wildman–Crippen MR) is 87.0 cm³/mol. The summed E-state index contributed by atoms with van der Waals surface area (Å²) >= 11 is 0. The summed E-state index contributed by atoms with van der Waals surface area (Å²) in [6, 6.07) is 0. The quantitative estimate of drug-likeness (QED) is 0.841. The molecule has 2 fully saturated rings. The molecule has 20 heavy (non-hydrogen) atoms. The molecule has 0 amide bonds. The van der Waals surface area contributed by atoms with Crippen LogP contribution in [0.3, 0.4) is 0 Å². The molecule has 0 saturated carbocycles. The fourth-order valence-corrected chi connectivity index (χ4v) is 4.27. The van der Waals surface area contributed by atoms with Gasteiger partial charge in [0.2, 0.25) is 0 Å². The van der Waals surface area contributed by atoms with E-state index in [0.717, 1.165) is 12.5 Å². The molecule has 0 radical (unpaired) electrons. The maximum atomic E-state index is 6.24. The highest BCUT2D eigenvalue weighted by atomic mass is 15.2. The minimum Gasteiger partial charge on any atom is -0.329 e. The van der Waals surface area contributed by atoms with Crippen molar-refractivity contribution in [1.82, 2.24) is 9.80 Å². The Morgan fingerprint density at radius 3 is 2.40 bits per heavy atom. The smallest absolute Gasteiger partial charge is 0.0356 e. The molecular weight excluding hydrogens is 246 g/mol. The van der Waals surface area contributed by atoms with Crippen LogP contribution in [0.5, 0.6) is 0 Å². The summed E-state index contributed by atoms with van der Waals surface area (Å²) in [5.41, 5.74) is 6.55. The minimum absolute atomic E-state index is 0.312. The van der Waals surface area contributed by atoms with E-state index >= 15 is 0 Å². The van der Waals surface area contributed by atoms with Gasteiger partial charge in [-0.2, -0.15) is 0 Å². The molecule has 2 rings (SSSR count). The maximum absolute atomic E-state index is 6.24. The van der Waals surface area contributed by atoms with E-state index in [4.69, 9.17) is 5.73 Å². The largest absolute Gasteiger partial charge is 0.329 e. The Morgan fingerprint density at radius 1 is 1.05 bits per heavy atom. The number of rotatable bonds is 5. The molecule has 1 unspecified atom stereocenters. The van der Waals surface area contributed by atoms with Crippen LogP contribution in [0.1, 0.15) is 58.8 Å². The maximum Gasteiger partial charge on any atom is 0.0356 e. The third-order valence-corrected chi connectivity index (χ3v) is 5.83. The van der Waals surface area contributed by atoms with Gasteiger partial charge in [-0.3, -0.25) is 4.90 Å². The first-order valence-electron chi connectivity index (χ1n) is 8.91. The molecule has 0 aliphatic carbocycles. The Bertz CT molecular complexity index is 271. The third kappa shape index (κ3) is 3.75. The summed E-state index contributed by atoms with van der Waals surface area (Å²) in [4.78, 5) is 5.35. The molecule has 2 aliphatic heterocycles. The SMILES string of the molecule is CCCC1CCCN(C2(CN)CCN(CC)CC2)CC1. The number of hydrogen-bond donors (Lipinski definition) is 1. The van der Waals surface area contributed by atoms with Crippen molar-refractivity contribution in [1.29, 1.82) is 0 Å². The van der Waals surface area contributed by atoms with Gasteiger partial charge in [-0.25, -0.2) is 0 Å². The Hall–Kier alpha value is -0.120. The first-order chi connectivity index (χ1) is 9.74. The molecule has 0 spiro atoms. The summed E-state index contributed by atoms with van der Waals surface area (Å²) < 4.78 is 0. The number of likely N-dealkylation sites (tertiary alicyclic amines) is 2. The van der Waals surface area contributed by atoms with Crippen molar-refractivity contribution in [2.24, 2.45) is 11.7 Å². The van der Waals surface area contributed by atoms with Crippen LogP contribution in [-0.2, 0) is 0 Å². The van der Waals surface area contributed by atoms with Crippen LogP contribution in [0.25, 0.3) is 0 Å². The van der Waals surface area contributed by atoms with Gasteiger partial charge in [0.25, 0.3) is 0 Å². The summed E-state index contributed by atoms with van der Waals surface area (Å²) in [6.45, 7) is 11.7. The standard InChI is InChI=1S/C17H35N3/c1-3-6-16-7-5-11-20(12-8-16)17(15-18)9-13-19(4-2)14-10-17/h16H,3-15,18H2,1-2H3. The zero-order chi connectivity index (χ0) is 14.4. The first kappa shape index (κ1) is 16.3. The van der Waals surface area contributed by atoms with Crippen LogP contribution < -0.4 is 5.73 Å². The fourth-order valence-electron chi connectivity index (χ4n) is 4.27. The fraction of sp³-hybridized carbons (Fsp3) is 1.00. The molecule has 0 aromatic carbocycles. The lowest BCUT2D eigenvalue weighted by Crippen LogP contribution is -2.59. The van der Waals surface area contributed by atoms with E-state index in [2.05, 4.69) is 23.6 Å². The monoisotopic (exact) mass is 281 g/mol. The summed E-state index contributed by atoms with van der Waals surface area (Å²) in [7, 11) is 0. The van der Waals surface area contributed by atoms with Crippen LogP contribution in [0.2, 0.25) is 0 Å². The van der Waals surface area contributed by atoms with Gasteiger partial charge in [-0.1, -0.05) is 26.7 Å². The van der Waals surface area contributed by atoms with E-state index in [0.29, 0.717) is 5.54 Å². The average molecular weight is 281 g/mol. The molecule has 3 nitrogen and oxygen atoms in total. The molecule has 0 aromatic rings. The highest BCUT2D eigenvalue weighted by molar-refractivity contribution is 4.97. The van der Waals surface area contributed by atoms with Gasteiger partial charge < -0.3 is 10.6 Å². The van der Waals surface area contributed by atoms with Crippen molar-refractivity contribution in [3.8, 4) is 0 Å². The molecule has 2 heterocycles. The lowest BCUT2D eigenvalue weighted by atomic mass is 9.85. The van der Waals surface area contributed by atoms with E-state index in [1.807, 2.05) is 0 Å². The Balaban J connectivity index is 1.94. The second-order valence-electron chi connectivity index (χ2n) is 6.94. The summed E-state index contributed by atoms with van der Waals surface area (Å²) in [5.74, 6) is 0.968. The second kappa shape index (κ2) is 7.77. The van der Waals surface area contributed by atoms with Crippen molar-refractivity contribution in [2.45, 2.75) is 64.3 Å². The van der Waals surface area contributed by atoms with Gasteiger partial charge >= 0.3 is 0 Å². The zero-order valence-corrected chi connectivity index (χ0v) is 13.7. The molecule has 3 heteroatoms. The normalized spacial score (nSPS) is 29.2. The lowest BCUT2D eigenvalue weighted by molar-refractivity contribution is 0.0297. The highest BCUT2D eigenvalue weighted by Crippen LogP contribution is 2.32. The number of nitrogens with zero attached hydrogens (tertiary/aromatic N) is 2. The van der Waals surface area contributed by atoms with Crippen LogP contribution >= 0.6 is 0 Å². The van der Waals surface area contributed by atoms with Crippen molar-refractivity contribution in [3.63, 3.8) is 0 Å². The molecule has 2 aliphatic rings. The topological polar surface area (TPSA) is 32.5 Å². The Labute approximate surface area is 125 Å². The van der Waals surface area contributed by atoms with Crippen LogP contribution in [-0.4, -0.2) is 54.6 Å². The molecule has 0 bridgehead atoms. The van der Waals surface area contributed by atoms with Gasteiger partial charge in [-0.05, 0) is 70.7 Å². The van der Waals surface area contributed by atoms with E-state index in [9.17, 15) is 0 Å². The molecule has 0 aromatic heterocycles. The van der Waals surface area contributed by atoms with Crippen LogP contribution in [0.4, 0.5) is 0 Å². The van der Waals surface area contributed by atoms with Crippen molar-refractivity contribution in [2.75, 3.05) is 39.3 Å². The minimum atomic E-state index is 0.312. The molecule has 2 saturated heterocycles. The van der Waals surface area contributed by atoms with E-state index in [1.54, 1.807) is 0 Å². The van der Waals surface area contributed by atoms with E-state index in [1.165, 1.54) is 77.7 Å². The van der Waals surface area contributed by atoms with Gasteiger partial charge in [0.15, 0.2) is 0 Å². The molecule has 1 atom stereocenters. The number of piperidine rings is 1. The molecule has 2 N–H and O–H groups in total. The second-order valence-corrected chi connectivity index (χ2v) is 6.94. The molecular formula is C17H35N3. The van der Waals surface area contributed by atoms with Crippen molar-refractivity contribution >= 4 is 0 Å². The average Bonchev–Trinajstić information content (AvgIpc) is 2.74. The van der Waals surface area contributed by atoms with Gasteiger partial charge in [0.05, 0.1) is 0 Å². The van der Waals surface area contributed by atoms with Crippen molar-refractivity contribution < 1.29 is 0 Å². The number of hydrogen-bond acceptors (Lipinski definition) is 3. The Kier molecular flexibility index (Phi) is 6.31. The van der Waals surface area contributed by atoms with Gasteiger partial charge in [0, 0.05) is 12.1 Å². The van der Waals surface area contributed by atoms with Gasteiger partial charge in [0.1, 0.15) is 0 Å². The van der Waals surface area contributed by atoms with Gasteiger partial charge in [-0.15, -0.1) is 0 Å². The van der Waals surface area contributed by atoms with Crippen LogP contribution in [0.15, 0.2) is 0 Å². The predicted octanol–water partition coefficient (Wildman–Crippen LogP) is 2.70. The summed E-state index contributed by atoms with van der Waals surface area (Å²) in [6.07, 6.45) is 9.53. The van der Waals surface area contributed by atoms with E-state index in [-0.39, 0.29) is 0 Å². The van der Waals surface area contributed by atoms with Crippen LogP contribution in [0, 0.1) is 5.92 Å². The lowest BCUT2D eigenvalue weighted by Gasteiger charge is -2.48. The van der Waals surface area contributed by atoms with Crippen molar-refractivity contribution in [3.05, 3.63) is 0 Å².